The Morgan fingerprint density at radius 1 is 1.25 bits per heavy atom. The molecule has 1 aliphatic rings. The molecular weight excluding hydrogens is 293 g/mol. The van der Waals surface area contributed by atoms with Crippen molar-refractivity contribution in [1.29, 1.82) is 0 Å². The van der Waals surface area contributed by atoms with Crippen LogP contribution in [0.2, 0.25) is 0 Å². The van der Waals surface area contributed by atoms with Crippen LogP contribution in [0.1, 0.15) is 62.6 Å². The molecule has 0 spiro atoms. The van der Waals surface area contributed by atoms with Crippen LogP contribution in [0.5, 0.6) is 0 Å². The smallest absolute Gasteiger partial charge is 0.309 e. The molecule has 4 nitrogen and oxygen atoms in total. The summed E-state index contributed by atoms with van der Waals surface area (Å²) >= 11 is 1.69. The Hall–Kier alpha value is -0.220. The highest BCUT2D eigenvalue weighted by atomic mass is 32.1. The second-order valence-corrected chi connectivity index (χ2v) is 8.06. The van der Waals surface area contributed by atoms with E-state index in [1.807, 2.05) is 19.2 Å². The molecule has 0 aromatic carbocycles. The van der Waals surface area contributed by atoms with E-state index in [4.69, 9.17) is 9.05 Å². The fourth-order valence-corrected chi connectivity index (χ4v) is 5.37. The summed E-state index contributed by atoms with van der Waals surface area (Å²) in [6.45, 7) is 4.47. The summed E-state index contributed by atoms with van der Waals surface area (Å²) in [6.07, 6.45) is 6.71. The Labute approximate surface area is 125 Å². The van der Waals surface area contributed by atoms with Gasteiger partial charge in [-0.05, 0) is 26.7 Å². The van der Waals surface area contributed by atoms with Crippen molar-refractivity contribution >= 4 is 18.9 Å². The van der Waals surface area contributed by atoms with E-state index in [9.17, 15) is 4.57 Å². The lowest BCUT2D eigenvalue weighted by Gasteiger charge is -2.19. The SMILES string of the molecule is CCOP(=O)(Cc1csc(C2CCCCC2)n1)OCC. The highest BCUT2D eigenvalue weighted by Gasteiger charge is 2.26. The van der Waals surface area contributed by atoms with Gasteiger partial charge >= 0.3 is 7.60 Å². The van der Waals surface area contributed by atoms with E-state index >= 15 is 0 Å². The summed E-state index contributed by atoms with van der Waals surface area (Å²) in [5.41, 5.74) is 0.848. The summed E-state index contributed by atoms with van der Waals surface area (Å²) in [5.74, 6) is 0.598. The Morgan fingerprint density at radius 3 is 2.50 bits per heavy atom. The van der Waals surface area contributed by atoms with E-state index in [1.54, 1.807) is 11.3 Å². The minimum absolute atomic E-state index is 0.290. The molecule has 0 aliphatic heterocycles. The van der Waals surface area contributed by atoms with Gasteiger partial charge in [0.2, 0.25) is 0 Å². The van der Waals surface area contributed by atoms with Crippen molar-refractivity contribution in [1.82, 2.24) is 4.98 Å². The second kappa shape index (κ2) is 7.69. The maximum Gasteiger partial charge on any atom is 0.336 e. The largest absolute Gasteiger partial charge is 0.336 e. The van der Waals surface area contributed by atoms with Crippen LogP contribution in [0.15, 0.2) is 5.38 Å². The summed E-state index contributed by atoms with van der Waals surface area (Å²) in [7, 11) is -3.02. The van der Waals surface area contributed by atoms with Crippen LogP contribution < -0.4 is 0 Å². The minimum Gasteiger partial charge on any atom is -0.309 e. The minimum atomic E-state index is -3.02. The summed E-state index contributed by atoms with van der Waals surface area (Å²) in [5, 5.41) is 3.20. The molecule has 114 valence electrons. The predicted octanol–water partition coefficient (Wildman–Crippen LogP) is 4.96. The molecule has 0 saturated heterocycles. The van der Waals surface area contributed by atoms with Gasteiger partial charge in [-0.15, -0.1) is 11.3 Å². The van der Waals surface area contributed by atoms with E-state index < -0.39 is 7.60 Å². The van der Waals surface area contributed by atoms with Gasteiger partial charge in [0.05, 0.1) is 30.1 Å². The lowest BCUT2D eigenvalue weighted by atomic mass is 9.90. The van der Waals surface area contributed by atoms with Crippen molar-refractivity contribution in [3.8, 4) is 0 Å². The first kappa shape index (κ1) is 16.2. The zero-order valence-corrected chi connectivity index (χ0v) is 14.0. The van der Waals surface area contributed by atoms with E-state index in [-0.39, 0.29) is 6.16 Å². The lowest BCUT2D eigenvalue weighted by Crippen LogP contribution is -2.04. The van der Waals surface area contributed by atoms with Gasteiger partial charge in [0.1, 0.15) is 0 Å². The van der Waals surface area contributed by atoms with Crippen molar-refractivity contribution in [3.05, 3.63) is 16.1 Å². The number of hydrogen-bond donors (Lipinski definition) is 0. The third-order valence-electron chi connectivity index (χ3n) is 3.53. The van der Waals surface area contributed by atoms with Gasteiger partial charge in [-0.25, -0.2) is 4.98 Å². The maximum absolute atomic E-state index is 12.5. The molecule has 6 heteroatoms. The van der Waals surface area contributed by atoms with Crippen molar-refractivity contribution in [2.24, 2.45) is 0 Å². The van der Waals surface area contributed by atoms with Crippen molar-refractivity contribution in [2.75, 3.05) is 13.2 Å². The summed E-state index contributed by atoms with van der Waals surface area (Å²) < 4.78 is 23.1. The molecule has 1 aromatic rings. The first-order chi connectivity index (χ1) is 9.67. The number of rotatable bonds is 7. The van der Waals surface area contributed by atoms with Crippen LogP contribution in [0.3, 0.4) is 0 Å². The first-order valence-corrected chi connectivity index (χ1v) is 10.1. The molecule has 20 heavy (non-hydrogen) atoms. The summed E-state index contributed by atoms with van der Waals surface area (Å²) in [6, 6.07) is 0. The third kappa shape index (κ3) is 4.39. The fraction of sp³-hybridized carbons (Fsp3) is 0.786. The number of hydrogen-bond acceptors (Lipinski definition) is 5. The number of nitrogens with zero attached hydrogens (tertiary/aromatic N) is 1. The zero-order chi connectivity index (χ0) is 14.4. The first-order valence-electron chi connectivity index (χ1n) is 7.49. The van der Waals surface area contributed by atoms with E-state index in [0.29, 0.717) is 19.1 Å². The Kier molecular flexibility index (Phi) is 6.21. The van der Waals surface area contributed by atoms with Gasteiger partial charge in [0.25, 0.3) is 0 Å². The predicted molar refractivity (Wildman–Crippen MR) is 82.5 cm³/mol. The highest BCUT2D eigenvalue weighted by Crippen LogP contribution is 2.51. The van der Waals surface area contributed by atoms with Crippen LogP contribution in [-0.4, -0.2) is 18.2 Å². The molecule has 1 fully saturated rings. The average Bonchev–Trinajstić information content (AvgIpc) is 2.88. The van der Waals surface area contributed by atoms with E-state index in [1.165, 1.54) is 37.1 Å². The van der Waals surface area contributed by atoms with Gasteiger partial charge in [-0.1, -0.05) is 19.3 Å². The molecular formula is C14H24NO3PS. The molecule has 1 aliphatic carbocycles. The molecule has 0 radical (unpaired) electrons. The van der Waals surface area contributed by atoms with E-state index in [2.05, 4.69) is 4.98 Å². The second-order valence-electron chi connectivity index (χ2n) is 5.12. The normalized spacial score (nSPS) is 17.5. The molecule has 2 rings (SSSR count). The Balaban J connectivity index is 2.02. The maximum atomic E-state index is 12.5. The molecule has 1 heterocycles. The van der Waals surface area contributed by atoms with Gasteiger partial charge in [0, 0.05) is 11.3 Å². The molecule has 0 N–H and O–H groups in total. The average molecular weight is 317 g/mol. The monoisotopic (exact) mass is 317 g/mol. The van der Waals surface area contributed by atoms with Crippen LogP contribution in [0.4, 0.5) is 0 Å². The number of aromatic nitrogens is 1. The number of thiazole rings is 1. The van der Waals surface area contributed by atoms with Crippen LogP contribution in [0.25, 0.3) is 0 Å². The molecule has 0 atom stereocenters. The van der Waals surface area contributed by atoms with Crippen LogP contribution in [0, 0.1) is 0 Å². The van der Waals surface area contributed by atoms with Gasteiger partial charge in [-0.2, -0.15) is 0 Å². The molecule has 0 amide bonds. The van der Waals surface area contributed by atoms with Gasteiger partial charge in [-0.3, -0.25) is 4.57 Å². The van der Waals surface area contributed by atoms with Gasteiger partial charge in [0.15, 0.2) is 0 Å². The fourth-order valence-electron chi connectivity index (χ4n) is 2.65. The van der Waals surface area contributed by atoms with Gasteiger partial charge < -0.3 is 9.05 Å². The molecule has 0 unspecified atom stereocenters. The molecule has 1 aromatic heterocycles. The topological polar surface area (TPSA) is 48.4 Å². The van der Waals surface area contributed by atoms with E-state index in [0.717, 1.165) is 5.69 Å². The van der Waals surface area contributed by atoms with Crippen molar-refractivity contribution in [3.63, 3.8) is 0 Å². The van der Waals surface area contributed by atoms with Crippen LogP contribution >= 0.6 is 18.9 Å². The lowest BCUT2D eigenvalue weighted by molar-refractivity contribution is 0.219. The zero-order valence-electron chi connectivity index (χ0n) is 12.3. The Morgan fingerprint density at radius 2 is 1.90 bits per heavy atom. The van der Waals surface area contributed by atoms with Crippen molar-refractivity contribution < 1.29 is 13.6 Å². The quantitative estimate of drug-likeness (QED) is 0.667. The molecule has 0 bridgehead atoms. The standard InChI is InChI=1S/C14H24NO3PS/c1-3-17-19(16,18-4-2)10-13-11-20-14(15-13)12-8-6-5-7-9-12/h11-12H,3-10H2,1-2H3. The summed E-state index contributed by atoms with van der Waals surface area (Å²) in [4.78, 5) is 4.67. The Bertz CT molecular complexity index is 447. The highest BCUT2D eigenvalue weighted by molar-refractivity contribution is 7.53. The third-order valence-corrected chi connectivity index (χ3v) is 6.60. The van der Waals surface area contributed by atoms with Crippen LogP contribution in [-0.2, 0) is 19.8 Å². The van der Waals surface area contributed by atoms with Crippen molar-refractivity contribution in [2.45, 2.75) is 58.0 Å². The molecule has 1 saturated carbocycles.